The van der Waals surface area contributed by atoms with Crippen molar-refractivity contribution >= 4 is 50.5 Å². The van der Waals surface area contributed by atoms with Crippen LogP contribution in [0.25, 0.3) is 0 Å². The van der Waals surface area contributed by atoms with Gasteiger partial charge >= 0.3 is 0 Å². The van der Waals surface area contributed by atoms with Gasteiger partial charge in [-0.2, -0.15) is 0 Å². The van der Waals surface area contributed by atoms with Crippen LogP contribution < -0.4 is 19.5 Å². The zero-order valence-electron chi connectivity index (χ0n) is 16.5. The SMILES string of the molecule is COc1cccc(C(=O)Nc2ccc(S(=O)(=O)Nc3cc(Cl)cc(Cl)c3)cc2)c1OC. The van der Waals surface area contributed by atoms with E-state index in [1.807, 2.05) is 0 Å². The van der Waals surface area contributed by atoms with E-state index in [9.17, 15) is 13.2 Å². The molecule has 31 heavy (non-hydrogen) atoms. The average molecular weight is 481 g/mol. The second-order valence-electron chi connectivity index (χ2n) is 6.28. The zero-order chi connectivity index (χ0) is 22.6. The van der Waals surface area contributed by atoms with Gasteiger partial charge in [0.05, 0.1) is 30.4 Å². The maximum atomic E-state index is 12.6. The molecule has 0 aliphatic rings. The van der Waals surface area contributed by atoms with Crippen LogP contribution in [0, 0.1) is 0 Å². The molecular formula is C21H18Cl2N2O5S. The van der Waals surface area contributed by atoms with E-state index in [1.54, 1.807) is 18.2 Å². The van der Waals surface area contributed by atoms with Crippen molar-refractivity contribution in [2.75, 3.05) is 24.3 Å². The van der Waals surface area contributed by atoms with Crippen molar-refractivity contribution in [3.8, 4) is 11.5 Å². The van der Waals surface area contributed by atoms with Gasteiger partial charge in [-0.3, -0.25) is 9.52 Å². The van der Waals surface area contributed by atoms with Crippen LogP contribution in [-0.2, 0) is 10.0 Å². The van der Waals surface area contributed by atoms with Crippen LogP contribution in [0.1, 0.15) is 10.4 Å². The van der Waals surface area contributed by atoms with E-state index >= 15 is 0 Å². The summed E-state index contributed by atoms with van der Waals surface area (Å²) in [6, 6.07) is 15.0. The minimum Gasteiger partial charge on any atom is -0.493 e. The summed E-state index contributed by atoms with van der Waals surface area (Å²) in [5.41, 5.74) is 0.915. The van der Waals surface area contributed by atoms with E-state index in [2.05, 4.69) is 10.0 Å². The first kappa shape index (κ1) is 22.7. The summed E-state index contributed by atoms with van der Waals surface area (Å²) in [7, 11) is -0.965. The third-order valence-corrected chi connectivity index (χ3v) is 6.02. The second kappa shape index (κ2) is 9.47. The number of para-hydroxylation sites is 1. The molecule has 10 heteroatoms. The summed E-state index contributed by atoms with van der Waals surface area (Å²) < 4.78 is 38.1. The molecule has 3 aromatic carbocycles. The molecule has 3 aromatic rings. The second-order valence-corrected chi connectivity index (χ2v) is 8.84. The maximum absolute atomic E-state index is 12.6. The van der Waals surface area contributed by atoms with Gasteiger partial charge in [0.2, 0.25) is 0 Å². The van der Waals surface area contributed by atoms with Crippen LogP contribution in [0.2, 0.25) is 10.0 Å². The van der Waals surface area contributed by atoms with Crippen molar-refractivity contribution in [2.24, 2.45) is 0 Å². The Morgan fingerprint density at radius 3 is 2.10 bits per heavy atom. The van der Waals surface area contributed by atoms with E-state index in [-0.39, 0.29) is 16.1 Å². The van der Waals surface area contributed by atoms with Crippen molar-refractivity contribution in [1.29, 1.82) is 0 Å². The van der Waals surface area contributed by atoms with Crippen molar-refractivity contribution in [1.82, 2.24) is 0 Å². The highest BCUT2D eigenvalue weighted by Crippen LogP contribution is 2.31. The number of ether oxygens (including phenoxy) is 2. The predicted octanol–water partition coefficient (Wildman–Crippen LogP) is 5.06. The lowest BCUT2D eigenvalue weighted by molar-refractivity contribution is 0.102. The molecule has 0 saturated carbocycles. The number of benzene rings is 3. The van der Waals surface area contributed by atoms with E-state index in [0.717, 1.165) is 0 Å². The predicted molar refractivity (Wildman–Crippen MR) is 121 cm³/mol. The number of hydrogen-bond acceptors (Lipinski definition) is 5. The Kier molecular flexibility index (Phi) is 6.94. The quantitative estimate of drug-likeness (QED) is 0.492. The molecule has 2 N–H and O–H groups in total. The Morgan fingerprint density at radius 1 is 0.871 bits per heavy atom. The molecule has 0 atom stereocenters. The molecule has 0 spiro atoms. The highest BCUT2D eigenvalue weighted by molar-refractivity contribution is 7.92. The van der Waals surface area contributed by atoms with Crippen LogP contribution in [0.15, 0.2) is 65.6 Å². The van der Waals surface area contributed by atoms with Crippen LogP contribution >= 0.6 is 23.2 Å². The molecule has 0 bridgehead atoms. The van der Waals surface area contributed by atoms with E-state index in [1.165, 1.54) is 56.7 Å². The van der Waals surface area contributed by atoms with Crippen LogP contribution in [-0.4, -0.2) is 28.5 Å². The Hall–Kier alpha value is -2.94. The standard InChI is InChI=1S/C21H18Cl2N2O5S/c1-29-19-5-3-4-18(20(19)30-2)21(26)24-15-6-8-17(9-7-15)31(27,28)25-16-11-13(22)10-14(23)12-16/h3-12,25H,1-2H3,(H,24,26). The lowest BCUT2D eigenvalue weighted by atomic mass is 10.1. The number of hydrogen-bond donors (Lipinski definition) is 2. The smallest absolute Gasteiger partial charge is 0.261 e. The zero-order valence-corrected chi connectivity index (χ0v) is 18.8. The van der Waals surface area contributed by atoms with Crippen molar-refractivity contribution in [3.63, 3.8) is 0 Å². The number of anilines is 2. The molecule has 0 fully saturated rings. The molecular weight excluding hydrogens is 463 g/mol. The fraction of sp³-hybridized carbons (Fsp3) is 0.0952. The highest BCUT2D eigenvalue weighted by Gasteiger charge is 2.18. The summed E-state index contributed by atoms with van der Waals surface area (Å²) in [5, 5.41) is 3.31. The molecule has 1 amide bonds. The first-order valence-corrected chi connectivity index (χ1v) is 11.1. The first-order chi connectivity index (χ1) is 14.7. The lowest BCUT2D eigenvalue weighted by Gasteiger charge is -2.13. The van der Waals surface area contributed by atoms with Crippen LogP contribution in [0.5, 0.6) is 11.5 Å². The summed E-state index contributed by atoms with van der Waals surface area (Å²) >= 11 is 11.8. The topological polar surface area (TPSA) is 93.7 Å². The number of carbonyl (C=O) groups excluding carboxylic acids is 1. The normalized spacial score (nSPS) is 11.0. The molecule has 0 saturated heterocycles. The number of nitrogens with one attached hydrogen (secondary N) is 2. The first-order valence-electron chi connectivity index (χ1n) is 8.85. The number of amides is 1. The molecule has 0 radical (unpaired) electrons. The minimum atomic E-state index is -3.88. The Labute approximate surface area is 189 Å². The van der Waals surface area contributed by atoms with Gasteiger partial charge in [-0.15, -0.1) is 0 Å². The Balaban J connectivity index is 1.78. The molecule has 3 rings (SSSR count). The van der Waals surface area contributed by atoms with Crippen molar-refractivity contribution in [3.05, 3.63) is 76.3 Å². The summed E-state index contributed by atoms with van der Waals surface area (Å²) in [6.45, 7) is 0. The number of methoxy groups -OCH3 is 2. The van der Waals surface area contributed by atoms with E-state index in [4.69, 9.17) is 32.7 Å². The number of carbonyl (C=O) groups is 1. The summed E-state index contributed by atoms with van der Waals surface area (Å²) in [5.74, 6) is 0.285. The van der Waals surface area contributed by atoms with Gasteiger partial charge in [0, 0.05) is 15.7 Å². The fourth-order valence-corrected chi connectivity index (χ4v) is 4.38. The molecule has 0 aliphatic heterocycles. The molecule has 0 heterocycles. The summed E-state index contributed by atoms with van der Waals surface area (Å²) in [6.07, 6.45) is 0. The van der Waals surface area contributed by atoms with Crippen LogP contribution in [0.4, 0.5) is 11.4 Å². The maximum Gasteiger partial charge on any atom is 0.261 e. The number of rotatable bonds is 7. The van der Waals surface area contributed by atoms with Gasteiger partial charge in [-0.05, 0) is 54.6 Å². The highest BCUT2D eigenvalue weighted by atomic mass is 35.5. The van der Waals surface area contributed by atoms with Gasteiger partial charge in [0.15, 0.2) is 11.5 Å². The Morgan fingerprint density at radius 2 is 1.52 bits per heavy atom. The average Bonchev–Trinajstić information content (AvgIpc) is 2.72. The van der Waals surface area contributed by atoms with Crippen molar-refractivity contribution < 1.29 is 22.7 Å². The molecule has 0 aliphatic carbocycles. The van der Waals surface area contributed by atoms with Gasteiger partial charge in [-0.1, -0.05) is 29.3 Å². The fourth-order valence-electron chi connectivity index (χ4n) is 2.81. The van der Waals surface area contributed by atoms with Gasteiger partial charge in [0.25, 0.3) is 15.9 Å². The Bertz CT molecular complexity index is 1190. The number of halogens is 2. The molecule has 7 nitrogen and oxygen atoms in total. The number of sulfonamides is 1. The van der Waals surface area contributed by atoms with E-state index in [0.29, 0.717) is 27.2 Å². The minimum absolute atomic E-state index is 0.000517. The lowest BCUT2D eigenvalue weighted by Crippen LogP contribution is -2.15. The molecule has 0 aromatic heterocycles. The third-order valence-electron chi connectivity index (χ3n) is 4.18. The van der Waals surface area contributed by atoms with Gasteiger partial charge < -0.3 is 14.8 Å². The molecule has 162 valence electrons. The summed E-state index contributed by atoms with van der Waals surface area (Å²) in [4.78, 5) is 12.6. The van der Waals surface area contributed by atoms with E-state index < -0.39 is 15.9 Å². The van der Waals surface area contributed by atoms with Crippen LogP contribution in [0.3, 0.4) is 0 Å². The monoisotopic (exact) mass is 480 g/mol. The molecule has 0 unspecified atom stereocenters. The van der Waals surface area contributed by atoms with Gasteiger partial charge in [0.1, 0.15) is 0 Å². The third kappa shape index (κ3) is 5.41. The van der Waals surface area contributed by atoms with Gasteiger partial charge in [-0.25, -0.2) is 8.42 Å². The van der Waals surface area contributed by atoms with Crippen molar-refractivity contribution in [2.45, 2.75) is 4.90 Å². The largest absolute Gasteiger partial charge is 0.493 e.